The van der Waals surface area contributed by atoms with Crippen LogP contribution >= 0.6 is 22.7 Å². The van der Waals surface area contributed by atoms with Crippen LogP contribution in [0.1, 0.15) is 53.2 Å². The Morgan fingerprint density at radius 3 is 2.68 bits per heavy atom. The van der Waals surface area contributed by atoms with Gasteiger partial charge in [0.15, 0.2) is 5.13 Å². The average Bonchev–Trinajstić information content (AvgIpc) is 3.04. The van der Waals surface area contributed by atoms with Crippen molar-refractivity contribution in [1.29, 1.82) is 0 Å². The number of carboxylic acid groups (broad SMARTS) is 1. The zero-order valence-corrected chi connectivity index (χ0v) is 16.2. The van der Waals surface area contributed by atoms with Gasteiger partial charge in [0.2, 0.25) is 0 Å². The van der Waals surface area contributed by atoms with Crippen molar-refractivity contribution in [3.8, 4) is 9.75 Å². The Labute approximate surface area is 155 Å². The van der Waals surface area contributed by atoms with Gasteiger partial charge < -0.3 is 15.7 Å². The molecule has 2 aliphatic rings. The quantitative estimate of drug-likeness (QED) is 0.848. The Kier molecular flexibility index (Phi) is 4.13. The summed E-state index contributed by atoms with van der Waals surface area (Å²) in [5, 5.41) is 10.9. The lowest BCUT2D eigenvalue weighted by molar-refractivity contribution is 0.0696. The van der Waals surface area contributed by atoms with Crippen LogP contribution in [0.15, 0.2) is 0 Å². The van der Waals surface area contributed by atoms with E-state index < -0.39 is 5.97 Å². The maximum atomic E-state index is 12.1. The second-order valence-electron chi connectivity index (χ2n) is 7.67. The molecule has 2 aromatic rings. The minimum atomic E-state index is -0.827. The first-order chi connectivity index (χ1) is 11.9. The number of anilines is 1. The number of carbonyl (C=O) groups is 1. The molecule has 1 saturated heterocycles. The molecule has 5 nitrogen and oxygen atoms in total. The third kappa shape index (κ3) is 2.88. The fraction of sp³-hybridized carbons (Fsp3) is 0.556. The fourth-order valence-corrected chi connectivity index (χ4v) is 6.22. The van der Waals surface area contributed by atoms with Crippen molar-refractivity contribution in [1.82, 2.24) is 4.98 Å². The molecule has 1 aliphatic heterocycles. The van der Waals surface area contributed by atoms with Crippen LogP contribution in [0.3, 0.4) is 0 Å². The van der Waals surface area contributed by atoms with Gasteiger partial charge in [0.25, 0.3) is 0 Å². The summed E-state index contributed by atoms with van der Waals surface area (Å²) in [5.41, 5.74) is 8.44. The van der Waals surface area contributed by atoms with Crippen molar-refractivity contribution in [3.05, 3.63) is 21.7 Å². The smallest absolute Gasteiger partial charge is 0.337 e. The van der Waals surface area contributed by atoms with Crippen LogP contribution in [-0.2, 0) is 19.4 Å². The molecule has 3 heterocycles. The molecule has 0 aromatic carbocycles. The molecule has 0 unspecified atom stereocenters. The lowest BCUT2D eigenvalue weighted by Gasteiger charge is -2.30. The van der Waals surface area contributed by atoms with Crippen LogP contribution in [-0.4, -0.2) is 29.1 Å². The number of hydrogen-bond donors (Lipinski definition) is 2. The summed E-state index contributed by atoms with van der Waals surface area (Å²) in [4.78, 5) is 22.1. The molecule has 25 heavy (non-hydrogen) atoms. The van der Waals surface area contributed by atoms with Crippen molar-refractivity contribution in [2.24, 2.45) is 11.1 Å². The molecule has 3 N–H and O–H groups in total. The van der Waals surface area contributed by atoms with Crippen LogP contribution in [0, 0.1) is 5.41 Å². The summed E-state index contributed by atoms with van der Waals surface area (Å²) in [6, 6.07) is 0. The zero-order chi connectivity index (χ0) is 17.8. The molecule has 0 amide bonds. The van der Waals surface area contributed by atoms with Gasteiger partial charge in [-0.05, 0) is 36.7 Å². The highest BCUT2D eigenvalue weighted by atomic mass is 32.1. The standard InChI is InChI=1S/C18H23N3O2S2/c1-18(2)5-4-12-10(8-18)13(16(22)23)15(24-12)14-11(9-19)20-17(25-14)21-6-3-7-21/h3-9,19H2,1-2H3,(H,22,23). The lowest BCUT2D eigenvalue weighted by atomic mass is 9.76. The van der Waals surface area contributed by atoms with Crippen LogP contribution < -0.4 is 10.6 Å². The van der Waals surface area contributed by atoms with Crippen LogP contribution in [0.25, 0.3) is 9.75 Å². The minimum absolute atomic E-state index is 0.155. The number of carboxylic acids is 1. The zero-order valence-electron chi connectivity index (χ0n) is 14.6. The first-order valence-corrected chi connectivity index (χ1v) is 10.4. The molecule has 4 rings (SSSR count). The number of fused-ring (bicyclic) bond motifs is 1. The molecule has 0 atom stereocenters. The van der Waals surface area contributed by atoms with Gasteiger partial charge in [0.05, 0.1) is 21.0 Å². The van der Waals surface area contributed by atoms with E-state index in [2.05, 4.69) is 18.7 Å². The van der Waals surface area contributed by atoms with E-state index in [1.165, 1.54) is 11.3 Å². The molecule has 1 fully saturated rings. The van der Waals surface area contributed by atoms with Crippen molar-refractivity contribution >= 4 is 33.8 Å². The average molecular weight is 378 g/mol. The monoisotopic (exact) mass is 377 g/mol. The number of aryl methyl sites for hydroxylation is 1. The largest absolute Gasteiger partial charge is 0.478 e. The molecule has 0 bridgehead atoms. The minimum Gasteiger partial charge on any atom is -0.478 e. The van der Waals surface area contributed by atoms with Crippen LogP contribution in [0.5, 0.6) is 0 Å². The van der Waals surface area contributed by atoms with Gasteiger partial charge in [-0.2, -0.15) is 0 Å². The summed E-state index contributed by atoms with van der Waals surface area (Å²) < 4.78 is 0. The Bertz CT molecular complexity index is 834. The molecule has 7 heteroatoms. The van der Waals surface area contributed by atoms with E-state index in [9.17, 15) is 9.90 Å². The summed E-state index contributed by atoms with van der Waals surface area (Å²) in [7, 11) is 0. The van der Waals surface area contributed by atoms with Gasteiger partial charge in [0.1, 0.15) is 0 Å². The number of aromatic carboxylic acids is 1. The lowest BCUT2D eigenvalue weighted by Crippen LogP contribution is -2.36. The highest BCUT2D eigenvalue weighted by molar-refractivity contribution is 7.24. The van der Waals surface area contributed by atoms with E-state index in [4.69, 9.17) is 10.7 Å². The van der Waals surface area contributed by atoms with Gasteiger partial charge in [-0.3, -0.25) is 0 Å². The highest BCUT2D eigenvalue weighted by Gasteiger charge is 2.34. The van der Waals surface area contributed by atoms with Gasteiger partial charge >= 0.3 is 5.97 Å². The van der Waals surface area contributed by atoms with Crippen molar-refractivity contribution in [2.45, 2.75) is 46.1 Å². The summed E-state index contributed by atoms with van der Waals surface area (Å²) in [5.74, 6) is -0.827. The molecule has 0 spiro atoms. The van der Waals surface area contributed by atoms with Gasteiger partial charge in [-0.1, -0.05) is 25.2 Å². The number of aromatic nitrogens is 1. The molecule has 1 aliphatic carbocycles. The van der Waals surface area contributed by atoms with E-state index >= 15 is 0 Å². The number of rotatable bonds is 4. The molecule has 0 radical (unpaired) electrons. The molecular weight excluding hydrogens is 354 g/mol. The summed E-state index contributed by atoms with van der Waals surface area (Å²) in [6.45, 7) is 6.83. The van der Waals surface area contributed by atoms with Gasteiger partial charge in [-0.15, -0.1) is 11.3 Å². The van der Waals surface area contributed by atoms with Crippen molar-refractivity contribution < 1.29 is 9.90 Å². The third-order valence-electron chi connectivity index (χ3n) is 5.20. The van der Waals surface area contributed by atoms with Gasteiger partial charge in [-0.25, -0.2) is 9.78 Å². The van der Waals surface area contributed by atoms with E-state index in [0.29, 0.717) is 12.1 Å². The van der Waals surface area contributed by atoms with Crippen molar-refractivity contribution in [2.75, 3.05) is 18.0 Å². The van der Waals surface area contributed by atoms with Gasteiger partial charge in [0, 0.05) is 24.5 Å². The maximum absolute atomic E-state index is 12.1. The number of hydrogen-bond acceptors (Lipinski definition) is 6. The second-order valence-corrected chi connectivity index (χ2v) is 9.75. The molecular formula is C18H23N3O2S2. The molecule has 0 saturated carbocycles. The van der Waals surface area contributed by atoms with Crippen molar-refractivity contribution in [3.63, 3.8) is 0 Å². The number of thiazole rings is 1. The van der Waals surface area contributed by atoms with E-state index in [1.54, 1.807) is 22.7 Å². The fourth-order valence-electron chi connectivity index (χ4n) is 3.60. The SMILES string of the molecule is CC1(C)CCc2sc(-c3sc(N4CCC4)nc3CN)c(C(=O)O)c2C1. The number of thiophene rings is 1. The molecule has 2 aromatic heterocycles. The Hall–Kier alpha value is -1.44. The number of nitrogens with zero attached hydrogens (tertiary/aromatic N) is 2. The Morgan fingerprint density at radius 2 is 2.08 bits per heavy atom. The predicted octanol–water partition coefficient (Wildman–Crippen LogP) is 3.75. The summed E-state index contributed by atoms with van der Waals surface area (Å²) in [6.07, 6.45) is 4.08. The van der Waals surface area contributed by atoms with Crippen LogP contribution in [0.2, 0.25) is 0 Å². The first kappa shape index (κ1) is 17.0. The van der Waals surface area contributed by atoms with Crippen LogP contribution in [0.4, 0.5) is 5.13 Å². The van der Waals surface area contributed by atoms with E-state index in [-0.39, 0.29) is 5.41 Å². The first-order valence-electron chi connectivity index (χ1n) is 8.72. The second kappa shape index (κ2) is 6.07. The van der Waals surface area contributed by atoms with E-state index in [0.717, 1.165) is 58.5 Å². The normalized spacial score (nSPS) is 18.8. The highest BCUT2D eigenvalue weighted by Crippen LogP contribution is 2.48. The summed E-state index contributed by atoms with van der Waals surface area (Å²) >= 11 is 3.24. The Morgan fingerprint density at radius 1 is 1.32 bits per heavy atom. The molecule has 134 valence electrons. The topological polar surface area (TPSA) is 79.5 Å². The third-order valence-corrected chi connectivity index (χ3v) is 7.82. The number of nitrogens with two attached hydrogens (primary N) is 1. The predicted molar refractivity (Wildman–Crippen MR) is 103 cm³/mol. The Balaban J connectivity index is 1.84. The maximum Gasteiger partial charge on any atom is 0.337 e. The van der Waals surface area contributed by atoms with E-state index in [1.807, 2.05) is 0 Å².